The van der Waals surface area contributed by atoms with Crippen LogP contribution in [0.15, 0.2) is 0 Å². The zero-order valence-electron chi connectivity index (χ0n) is 9.78. The molecule has 4 nitrogen and oxygen atoms in total. The Bertz CT molecular complexity index is 179. The summed E-state index contributed by atoms with van der Waals surface area (Å²) in [6.45, 7) is 6.73. The van der Waals surface area contributed by atoms with Crippen molar-refractivity contribution in [1.29, 1.82) is 0 Å². The summed E-state index contributed by atoms with van der Waals surface area (Å²) in [6.07, 6.45) is 2.38. The van der Waals surface area contributed by atoms with Crippen LogP contribution in [0.5, 0.6) is 0 Å². The first-order valence-corrected chi connectivity index (χ1v) is 5.68. The summed E-state index contributed by atoms with van der Waals surface area (Å²) in [7, 11) is 0. The van der Waals surface area contributed by atoms with Gasteiger partial charge in [0, 0.05) is 13.1 Å². The van der Waals surface area contributed by atoms with Gasteiger partial charge >= 0.3 is 0 Å². The van der Waals surface area contributed by atoms with Crippen LogP contribution < -0.4 is 0 Å². The molecule has 1 fully saturated rings. The maximum atomic E-state index is 9.71. The highest BCUT2D eigenvalue weighted by Crippen LogP contribution is 2.15. The van der Waals surface area contributed by atoms with Crippen molar-refractivity contribution in [2.45, 2.75) is 38.4 Å². The molecule has 1 aliphatic heterocycles. The standard InChI is InChI=1S/C11H23NO3/c1-11(2,14)9-12-5-3-4-10(8-12)15-7-6-13/h10,13-14H,3-9H2,1-2H3. The largest absolute Gasteiger partial charge is 0.394 e. The zero-order chi connectivity index (χ0) is 11.3. The van der Waals surface area contributed by atoms with Gasteiger partial charge in [0.25, 0.3) is 0 Å². The molecule has 0 aromatic rings. The summed E-state index contributed by atoms with van der Waals surface area (Å²) in [5.41, 5.74) is -0.640. The lowest BCUT2D eigenvalue weighted by atomic mass is 10.0. The summed E-state index contributed by atoms with van der Waals surface area (Å²) < 4.78 is 5.50. The molecule has 0 amide bonds. The Labute approximate surface area is 91.8 Å². The van der Waals surface area contributed by atoms with E-state index in [-0.39, 0.29) is 12.7 Å². The van der Waals surface area contributed by atoms with Gasteiger partial charge in [0.05, 0.1) is 24.9 Å². The lowest BCUT2D eigenvalue weighted by molar-refractivity contribution is -0.0365. The fourth-order valence-corrected chi connectivity index (χ4v) is 2.06. The summed E-state index contributed by atoms with van der Waals surface area (Å²) in [5, 5.41) is 18.4. The molecule has 15 heavy (non-hydrogen) atoms. The summed E-state index contributed by atoms with van der Waals surface area (Å²) in [5.74, 6) is 0. The fraction of sp³-hybridized carbons (Fsp3) is 1.00. The Kier molecular flexibility index (Phi) is 4.99. The van der Waals surface area contributed by atoms with Gasteiger partial charge in [-0.2, -0.15) is 0 Å². The molecule has 1 aliphatic rings. The van der Waals surface area contributed by atoms with Crippen LogP contribution in [0.25, 0.3) is 0 Å². The average molecular weight is 217 g/mol. The second-order valence-corrected chi connectivity index (χ2v) is 4.91. The van der Waals surface area contributed by atoms with E-state index < -0.39 is 5.60 Å². The van der Waals surface area contributed by atoms with Gasteiger partial charge in [-0.1, -0.05) is 0 Å². The van der Waals surface area contributed by atoms with Gasteiger partial charge in [-0.25, -0.2) is 0 Å². The van der Waals surface area contributed by atoms with Gasteiger partial charge in [-0.15, -0.1) is 0 Å². The highest BCUT2D eigenvalue weighted by Gasteiger charge is 2.24. The van der Waals surface area contributed by atoms with Crippen molar-refractivity contribution in [3.05, 3.63) is 0 Å². The number of ether oxygens (including phenoxy) is 1. The van der Waals surface area contributed by atoms with Crippen molar-refractivity contribution in [2.75, 3.05) is 32.8 Å². The van der Waals surface area contributed by atoms with E-state index in [0.717, 1.165) is 25.9 Å². The summed E-state index contributed by atoms with van der Waals surface area (Å²) in [6, 6.07) is 0. The van der Waals surface area contributed by atoms with Gasteiger partial charge in [0.1, 0.15) is 0 Å². The molecule has 0 bridgehead atoms. The number of piperidine rings is 1. The third-order valence-electron chi connectivity index (χ3n) is 2.52. The molecule has 1 unspecified atom stereocenters. The van der Waals surface area contributed by atoms with Crippen molar-refractivity contribution in [2.24, 2.45) is 0 Å². The monoisotopic (exact) mass is 217 g/mol. The Morgan fingerprint density at radius 3 is 2.80 bits per heavy atom. The number of β-amino-alcohol motifs (C(OH)–C–C–N with tert-alkyl or cyclic N) is 1. The summed E-state index contributed by atoms with van der Waals surface area (Å²) >= 11 is 0. The van der Waals surface area contributed by atoms with Gasteiger partial charge in [0.2, 0.25) is 0 Å². The van der Waals surface area contributed by atoms with Crippen molar-refractivity contribution in [1.82, 2.24) is 4.90 Å². The molecular weight excluding hydrogens is 194 g/mol. The molecule has 1 heterocycles. The molecule has 0 aromatic heterocycles. The van der Waals surface area contributed by atoms with Crippen molar-refractivity contribution >= 4 is 0 Å². The van der Waals surface area contributed by atoms with Gasteiger partial charge in [-0.05, 0) is 33.2 Å². The van der Waals surface area contributed by atoms with E-state index in [4.69, 9.17) is 9.84 Å². The van der Waals surface area contributed by atoms with Crippen molar-refractivity contribution in [3.8, 4) is 0 Å². The van der Waals surface area contributed by atoms with E-state index in [2.05, 4.69) is 4.90 Å². The second-order valence-electron chi connectivity index (χ2n) is 4.91. The summed E-state index contributed by atoms with van der Waals surface area (Å²) in [4.78, 5) is 2.23. The minimum Gasteiger partial charge on any atom is -0.394 e. The number of hydrogen-bond donors (Lipinski definition) is 2. The normalized spacial score (nSPS) is 24.4. The Hall–Kier alpha value is -0.160. The van der Waals surface area contributed by atoms with Crippen LogP contribution in [-0.4, -0.2) is 59.7 Å². The Morgan fingerprint density at radius 2 is 2.20 bits per heavy atom. The Balaban J connectivity index is 2.29. The van der Waals surface area contributed by atoms with Crippen LogP contribution in [0.3, 0.4) is 0 Å². The topological polar surface area (TPSA) is 52.9 Å². The highest BCUT2D eigenvalue weighted by molar-refractivity contribution is 4.78. The highest BCUT2D eigenvalue weighted by atomic mass is 16.5. The molecule has 0 spiro atoms. The number of hydrogen-bond acceptors (Lipinski definition) is 4. The second kappa shape index (κ2) is 5.80. The zero-order valence-corrected chi connectivity index (χ0v) is 9.78. The molecule has 90 valence electrons. The van der Waals surface area contributed by atoms with E-state index in [1.165, 1.54) is 0 Å². The van der Waals surface area contributed by atoms with Crippen LogP contribution >= 0.6 is 0 Å². The number of likely N-dealkylation sites (tertiary alicyclic amines) is 1. The minimum atomic E-state index is -0.640. The molecule has 1 rings (SSSR count). The molecular formula is C11H23NO3. The third-order valence-corrected chi connectivity index (χ3v) is 2.52. The quantitative estimate of drug-likeness (QED) is 0.692. The Morgan fingerprint density at radius 1 is 1.47 bits per heavy atom. The third kappa shape index (κ3) is 5.47. The molecule has 4 heteroatoms. The fourth-order valence-electron chi connectivity index (χ4n) is 2.06. The number of aliphatic hydroxyl groups is 2. The van der Waals surface area contributed by atoms with Gasteiger partial charge in [0.15, 0.2) is 0 Å². The maximum Gasteiger partial charge on any atom is 0.0718 e. The first-order valence-electron chi connectivity index (χ1n) is 5.68. The van der Waals surface area contributed by atoms with Crippen LogP contribution in [0.1, 0.15) is 26.7 Å². The van der Waals surface area contributed by atoms with Gasteiger partial charge in [-0.3, -0.25) is 4.90 Å². The number of rotatable bonds is 5. The van der Waals surface area contributed by atoms with Crippen LogP contribution in [0.2, 0.25) is 0 Å². The maximum absolute atomic E-state index is 9.71. The molecule has 0 radical (unpaired) electrons. The molecule has 0 saturated carbocycles. The van der Waals surface area contributed by atoms with E-state index in [1.807, 2.05) is 13.8 Å². The SMILES string of the molecule is CC(C)(O)CN1CCCC(OCCO)C1. The number of aliphatic hydroxyl groups excluding tert-OH is 1. The predicted octanol–water partition coefficient (Wildman–Crippen LogP) is 0.231. The lowest BCUT2D eigenvalue weighted by Crippen LogP contribution is -2.46. The average Bonchev–Trinajstić information content (AvgIpc) is 2.12. The van der Waals surface area contributed by atoms with Crippen molar-refractivity contribution in [3.63, 3.8) is 0 Å². The predicted molar refractivity (Wildman–Crippen MR) is 58.8 cm³/mol. The smallest absolute Gasteiger partial charge is 0.0718 e. The first-order chi connectivity index (χ1) is 7.01. The van der Waals surface area contributed by atoms with Crippen LogP contribution in [0, 0.1) is 0 Å². The molecule has 0 aliphatic carbocycles. The van der Waals surface area contributed by atoms with Gasteiger partial charge < -0.3 is 14.9 Å². The minimum absolute atomic E-state index is 0.0853. The lowest BCUT2D eigenvalue weighted by Gasteiger charge is -2.35. The molecule has 0 aromatic carbocycles. The number of nitrogens with zero attached hydrogens (tertiary/aromatic N) is 1. The van der Waals surface area contributed by atoms with Crippen LogP contribution in [-0.2, 0) is 4.74 Å². The van der Waals surface area contributed by atoms with Crippen LogP contribution in [0.4, 0.5) is 0 Å². The van der Waals surface area contributed by atoms with Crippen molar-refractivity contribution < 1.29 is 14.9 Å². The molecule has 1 atom stereocenters. The van der Waals surface area contributed by atoms with E-state index in [0.29, 0.717) is 13.2 Å². The van der Waals surface area contributed by atoms with E-state index >= 15 is 0 Å². The van der Waals surface area contributed by atoms with E-state index in [9.17, 15) is 5.11 Å². The van der Waals surface area contributed by atoms with E-state index in [1.54, 1.807) is 0 Å². The molecule has 2 N–H and O–H groups in total. The molecule has 1 saturated heterocycles. The first kappa shape index (κ1) is 12.9.